The van der Waals surface area contributed by atoms with Crippen molar-refractivity contribution >= 4 is 13.9 Å². The van der Waals surface area contributed by atoms with Gasteiger partial charge < -0.3 is 24.8 Å². The predicted octanol–water partition coefficient (Wildman–Crippen LogP) is 1.59. The summed E-state index contributed by atoms with van der Waals surface area (Å²) in [4.78, 5) is 0. The molecule has 0 heterocycles. The molecule has 178 valence electrons. The number of hydrogen-bond donors (Lipinski definition) is 0. The Balaban J connectivity index is 0.00000204. The summed E-state index contributed by atoms with van der Waals surface area (Å²) in [6, 6.07) is 23.5. The first-order valence-electron chi connectivity index (χ1n) is 11.9. The average molecular weight is 543 g/mol. The molecule has 0 fully saturated rings. The minimum Gasteiger partial charge on any atom is -1.00 e. The molecule has 0 nitrogen and oxygen atoms in total. The molecule has 0 aromatic heterocycles. The molecule has 4 aliphatic carbocycles. The minimum absolute atomic E-state index is 0. The van der Waals surface area contributed by atoms with Gasteiger partial charge in [-0.3, -0.25) is 0 Å². The monoisotopic (exact) mass is 542 g/mol. The molecule has 0 saturated carbocycles. The summed E-state index contributed by atoms with van der Waals surface area (Å²) >= 11 is -1.74. The van der Waals surface area contributed by atoms with Gasteiger partial charge in [0.15, 0.2) is 0 Å². The van der Waals surface area contributed by atoms with Crippen LogP contribution in [0.5, 0.6) is 0 Å². The first-order valence-corrected chi connectivity index (χ1v) is 18.4. The van der Waals surface area contributed by atoms with Gasteiger partial charge in [-0.1, -0.05) is 0 Å². The second-order valence-electron chi connectivity index (χ2n) is 10.1. The molecule has 0 N–H and O–H groups in total. The van der Waals surface area contributed by atoms with E-state index in [1.54, 1.807) is 7.74 Å². The zero-order chi connectivity index (χ0) is 23.2. The fourth-order valence-corrected chi connectivity index (χ4v) is 17.1. The van der Waals surface area contributed by atoms with Crippen LogP contribution in [0, 0.1) is 13.8 Å². The Morgan fingerprint density at radius 1 is 0.588 bits per heavy atom. The predicted molar refractivity (Wildman–Crippen MR) is 141 cm³/mol. The Morgan fingerprint density at radius 3 is 1.26 bits per heavy atom. The van der Waals surface area contributed by atoms with Gasteiger partial charge in [0.1, 0.15) is 0 Å². The van der Waals surface area contributed by atoms with E-state index in [9.17, 15) is 0 Å². The summed E-state index contributed by atoms with van der Waals surface area (Å²) in [7, 11) is 0. The molecule has 4 heteroatoms. The zero-order valence-electron chi connectivity index (χ0n) is 21.7. The van der Waals surface area contributed by atoms with Crippen LogP contribution in [0.4, 0.5) is 0 Å². The molecule has 0 aromatic carbocycles. The van der Waals surface area contributed by atoms with E-state index >= 15 is 0 Å². The fourth-order valence-electron chi connectivity index (χ4n) is 5.35. The number of fused-ring (bicyclic) bond motifs is 2. The summed E-state index contributed by atoms with van der Waals surface area (Å²) in [6.45, 7) is 19.2. The third kappa shape index (κ3) is 5.20. The molecule has 34 heavy (non-hydrogen) atoms. The van der Waals surface area contributed by atoms with Crippen LogP contribution in [-0.2, 0) is 16.6 Å². The van der Waals surface area contributed by atoms with E-state index in [1.807, 2.05) is 0 Å². The van der Waals surface area contributed by atoms with Crippen molar-refractivity contribution in [3.05, 3.63) is 82.9 Å². The van der Waals surface area contributed by atoms with Crippen LogP contribution in [0.1, 0.15) is 61.8 Å². The van der Waals surface area contributed by atoms with Crippen LogP contribution in [-0.4, -0.2) is 6.19 Å². The zero-order valence-corrected chi connectivity index (χ0v) is 25.8. The van der Waals surface area contributed by atoms with Gasteiger partial charge in [0.25, 0.3) is 0 Å². The van der Waals surface area contributed by atoms with Crippen molar-refractivity contribution in [2.45, 2.75) is 66.5 Å². The van der Waals surface area contributed by atoms with Crippen LogP contribution in [0.25, 0.3) is 22.3 Å². The Kier molecular flexibility index (Phi) is 10.1. The maximum atomic E-state index is 2.56. The van der Waals surface area contributed by atoms with Crippen molar-refractivity contribution in [1.82, 2.24) is 0 Å². The smallest absolute Gasteiger partial charge is 1.00 e. The largest absolute Gasteiger partial charge is 1.00 e. The fraction of sp³-hybridized carbons (Fsp3) is 0.333. The number of hydrogen-bond acceptors (Lipinski definition) is 0. The molecule has 0 bridgehead atoms. The quantitative estimate of drug-likeness (QED) is 0.343. The second-order valence-corrected chi connectivity index (χ2v) is 21.6. The van der Waals surface area contributed by atoms with Crippen molar-refractivity contribution in [3.63, 3.8) is 0 Å². The molecule has 0 amide bonds. The molecule has 0 aromatic rings. The van der Waals surface area contributed by atoms with Gasteiger partial charge >= 0.3 is 202 Å². The first kappa shape index (κ1) is 29.1. The van der Waals surface area contributed by atoms with Gasteiger partial charge in [0.05, 0.1) is 0 Å². The van der Waals surface area contributed by atoms with Crippen molar-refractivity contribution in [1.29, 1.82) is 0 Å². The number of halogens is 2. The number of rotatable bonds is 4. The van der Waals surface area contributed by atoms with Crippen LogP contribution in [0.3, 0.4) is 0 Å². The van der Waals surface area contributed by atoms with Crippen LogP contribution in [0.2, 0.25) is 13.1 Å². The average Bonchev–Trinajstić information content (AvgIpc) is 3.00. The summed E-state index contributed by atoms with van der Waals surface area (Å²) in [5.41, 5.74) is 12.0. The molecule has 0 aliphatic heterocycles. The standard InChI is InChI=1S/2C14H15.C2H6Si.2ClH.Ti/c2*1-10(2)13-7-5-4-6-12-8-11(3)9-14(12)13;1-3-2;;;/h2*4-7,9-10H,1-3H3;1-2H3;2*1H;/q;;;;;+2/p-2. The number of aryl methyl sites for hydroxylation is 2. The maximum Gasteiger partial charge on any atom is -1.00 e. The van der Waals surface area contributed by atoms with E-state index in [1.165, 1.54) is 44.5 Å². The van der Waals surface area contributed by atoms with Gasteiger partial charge in [-0.2, -0.15) is 0 Å². The molecule has 0 saturated heterocycles. The van der Waals surface area contributed by atoms with E-state index in [0.29, 0.717) is 11.8 Å². The second kappa shape index (κ2) is 11.8. The SMILES string of the molecule is Cc1cc2c(C(C)C)ccccc-2[c]1[Ti+2]([c]1c(C)cc2c(C(C)C)ccccc1-2)=[Si](C)C.[Cl-].[Cl-]. The van der Waals surface area contributed by atoms with Crippen LogP contribution >= 0.6 is 0 Å². The Bertz CT molecular complexity index is 1180. The molecule has 0 spiro atoms. The molecule has 0 radical (unpaired) electrons. The molecule has 4 rings (SSSR count). The van der Waals surface area contributed by atoms with E-state index in [-0.39, 0.29) is 24.8 Å². The van der Waals surface area contributed by atoms with Gasteiger partial charge in [0, 0.05) is 0 Å². The summed E-state index contributed by atoms with van der Waals surface area (Å²) in [6.07, 6.45) is -0.485. The summed E-state index contributed by atoms with van der Waals surface area (Å²) in [5, 5.41) is 0. The van der Waals surface area contributed by atoms with Crippen LogP contribution < -0.4 is 32.6 Å². The summed E-state index contributed by atoms with van der Waals surface area (Å²) < 4.78 is 3.45. The van der Waals surface area contributed by atoms with Gasteiger partial charge in [-0.15, -0.1) is 0 Å². The van der Waals surface area contributed by atoms with Gasteiger partial charge in [-0.25, -0.2) is 0 Å². The van der Waals surface area contributed by atoms with E-state index < -0.39 is 22.8 Å². The van der Waals surface area contributed by atoms with Crippen LogP contribution in [0.15, 0.2) is 60.7 Å². The normalized spacial score (nSPS) is 10.7. The van der Waals surface area contributed by atoms with Crippen molar-refractivity contribution < 1.29 is 41.4 Å². The Morgan fingerprint density at radius 2 is 0.941 bits per heavy atom. The van der Waals surface area contributed by atoms with E-state index in [2.05, 4.69) is 115 Å². The maximum absolute atomic E-state index is 2.56. The third-order valence-corrected chi connectivity index (χ3v) is 18.2. The van der Waals surface area contributed by atoms with Crippen molar-refractivity contribution in [2.75, 3.05) is 0 Å². The molecular formula is C30H36Cl2SiTi. The Labute approximate surface area is 225 Å². The van der Waals surface area contributed by atoms with E-state index in [4.69, 9.17) is 0 Å². The first-order chi connectivity index (χ1) is 15.2. The molecule has 0 atom stereocenters. The molecule has 4 aliphatic rings. The minimum atomic E-state index is -1.74. The third-order valence-electron chi connectivity index (χ3n) is 6.79. The Hall–Kier alpha value is -1.09. The summed E-state index contributed by atoms with van der Waals surface area (Å²) in [5.74, 6) is 1.07. The molecular weight excluding hydrogens is 507 g/mol. The topological polar surface area (TPSA) is 0 Å². The van der Waals surface area contributed by atoms with Gasteiger partial charge in [0.2, 0.25) is 0 Å². The van der Waals surface area contributed by atoms with E-state index in [0.717, 1.165) is 0 Å². The van der Waals surface area contributed by atoms with Gasteiger partial charge in [-0.05, 0) is 0 Å². The molecule has 0 unspecified atom stereocenters. The van der Waals surface area contributed by atoms with Crippen molar-refractivity contribution in [2.24, 2.45) is 0 Å². The van der Waals surface area contributed by atoms with Crippen molar-refractivity contribution in [3.8, 4) is 22.3 Å².